The van der Waals surface area contributed by atoms with Crippen molar-refractivity contribution >= 4 is 17.5 Å². The van der Waals surface area contributed by atoms with Crippen molar-refractivity contribution in [1.29, 1.82) is 0 Å². The van der Waals surface area contributed by atoms with E-state index in [1.54, 1.807) is 24.3 Å². The molecule has 3 N–H and O–H groups in total. The molecule has 8 heteroatoms. The molecule has 0 aliphatic rings. The van der Waals surface area contributed by atoms with Crippen LogP contribution < -0.4 is 11.1 Å². The van der Waals surface area contributed by atoms with Gasteiger partial charge in [-0.05, 0) is 47.0 Å². The highest BCUT2D eigenvalue weighted by atomic mass is 19.1. The maximum absolute atomic E-state index is 14.2. The fourth-order valence-electron chi connectivity index (χ4n) is 3.31. The largest absolute Gasteiger partial charge is 0.366 e. The molecule has 0 aliphatic heterocycles. The van der Waals surface area contributed by atoms with Crippen molar-refractivity contribution in [3.63, 3.8) is 0 Å². The molecular formula is C24H17F3N4O. The summed E-state index contributed by atoms with van der Waals surface area (Å²) in [6.45, 7) is 0. The summed E-state index contributed by atoms with van der Waals surface area (Å²) in [5.74, 6) is -2.27. The third kappa shape index (κ3) is 4.59. The SMILES string of the molecule is NC(=O)c1cccc(Nc2ncc(-c3cccc(F)c3)cn2)c1Cc1ccc(F)cc1F. The molecule has 0 atom stereocenters. The Labute approximate surface area is 181 Å². The molecule has 0 unspecified atom stereocenters. The Morgan fingerprint density at radius 2 is 1.59 bits per heavy atom. The van der Waals surface area contributed by atoms with Gasteiger partial charge in [0.1, 0.15) is 17.5 Å². The number of carbonyl (C=O) groups excluding carboxylic acids is 1. The number of hydrogen-bond acceptors (Lipinski definition) is 4. The molecule has 1 heterocycles. The van der Waals surface area contributed by atoms with Gasteiger partial charge < -0.3 is 11.1 Å². The van der Waals surface area contributed by atoms with E-state index in [2.05, 4.69) is 15.3 Å². The highest BCUT2D eigenvalue weighted by Gasteiger charge is 2.16. The van der Waals surface area contributed by atoms with E-state index < -0.39 is 17.5 Å². The highest BCUT2D eigenvalue weighted by molar-refractivity contribution is 5.96. The number of hydrogen-bond donors (Lipinski definition) is 2. The number of benzene rings is 3. The average Bonchev–Trinajstić information content (AvgIpc) is 2.77. The van der Waals surface area contributed by atoms with Crippen molar-refractivity contribution in [2.75, 3.05) is 5.32 Å². The van der Waals surface area contributed by atoms with Crippen LogP contribution in [0.4, 0.5) is 24.8 Å². The molecule has 4 rings (SSSR count). The quantitative estimate of drug-likeness (QED) is 0.448. The van der Waals surface area contributed by atoms with Crippen LogP contribution in [0.3, 0.4) is 0 Å². The first kappa shape index (κ1) is 21.0. The molecule has 0 radical (unpaired) electrons. The fourth-order valence-corrected chi connectivity index (χ4v) is 3.31. The molecule has 32 heavy (non-hydrogen) atoms. The van der Waals surface area contributed by atoms with Gasteiger partial charge in [-0.15, -0.1) is 0 Å². The second-order valence-electron chi connectivity index (χ2n) is 7.04. The summed E-state index contributed by atoms with van der Waals surface area (Å²) in [6.07, 6.45) is 3.05. The second kappa shape index (κ2) is 8.89. The average molecular weight is 434 g/mol. The van der Waals surface area contributed by atoms with Crippen LogP contribution in [-0.4, -0.2) is 15.9 Å². The first-order valence-electron chi connectivity index (χ1n) is 9.61. The number of aromatic nitrogens is 2. The lowest BCUT2D eigenvalue weighted by Gasteiger charge is -2.15. The Morgan fingerprint density at radius 3 is 2.28 bits per heavy atom. The van der Waals surface area contributed by atoms with Crippen LogP contribution in [-0.2, 0) is 6.42 Å². The van der Waals surface area contributed by atoms with Gasteiger partial charge in [0.25, 0.3) is 0 Å². The van der Waals surface area contributed by atoms with Crippen molar-refractivity contribution < 1.29 is 18.0 Å². The molecule has 1 aromatic heterocycles. The minimum atomic E-state index is -0.731. The lowest BCUT2D eigenvalue weighted by molar-refractivity contribution is 0.0999. The summed E-state index contributed by atoms with van der Waals surface area (Å²) >= 11 is 0. The molecule has 0 fully saturated rings. The Hall–Kier alpha value is -4.20. The predicted octanol–water partition coefficient (Wildman–Crippen LogP) is 4.99. The van der Waals surface area contributed by atoms with Crippen LogP contribution >= 0.6 is 0 Å². The van der Waals surface area contributed by atoms with E-state index in [0.29, 0.717) is 22.4 Å². The summed E-state index contributed by atoms with van der Waals surface area (Å²) in [5, 5.41) is 3.01. The smallest absolute Gasteiger partial charge is 0.249 e. The standard InChI is InChI=1S/C24H17F3N4O/c25-17-4-1-3-14(9-17)16-12-29-24(30-13-16)31-22-6-2-5-19(23(28)32)20(22)10-15-7-8-18(26)11-21(15)27/h1-9,11-13H,10H2,(H2,28,32)(H,29,30,31). The van der Waals surface area contributed by atoms with Crippen LogP contribution in [0.5, 0.6) is 0 Å². The zero-order valence-electron chi connectivity index (χ0n) is 16.6. The molecular weight excluding hydrogens is 417 g/mol. The van der Waals surface area contributed by atoms with Gasteiger partial charge in [0.05, 0.1) is 0 Å². The minimum Gasteiger partial charge on any atom is -0.366 e. The van der Waals surface area contributed by atoms with E-state index in [0.717, 1.165) is 12.1 Å². The van der Waals surface area contributed by atoms with Gasteiger partial charge in [-0.3, -0.25) is 4.79 Å². The van der Waals surface area contributed by atoms with E-state index >= 15 is 0 Å². The summed E-state index contributed by atoms with van der Waals surface area (Å²) in [7, 11) is 0. The van der Waals surface area contributed by atoms with Crippen molar-refractivity contribution in [3.8, 4) is 11.1 Å². The Kier molecular flexibility index (Phi) is 5.85. The predicted molar refractivity (Wildman–Crippen MR) is 115 cm³/mol. The van der Waals surface area contributed by atoms with E-state index in [1.807, 2.05) is 0 Å². The molecule has 1 amide bonds. The van der Waals surface area contributed by atoms with Gasteiger partial charge in [-0.25, -0.2) is 23.1 Å². The van der Waals surface area contributed by atoms with Crippen molar-refractivity contribution in [2.45, 2.75) is 6.42 Å². The summed E-state index contributed by atoms with van der Waals surface area (Å²) < 4.78 is 41.0. The number of nitrogens with one attached hydrogen (secondary N) is 1. The molecule has 0 saturated heterocycles. The highest BCUT2D eigenvalue weighted by Crippen LogP contribution is 2.27. The van der Waals surface area contributed by atoms with Crippen LogP contribution in [0.15, 0.2) is 73.1 Å². The Balaban J connectivity index is 1.66. The summed E-state index contributed by atoms with van der Waals surface area (Å²) in [4.78, 5) is 20.5. The van der Waals surface area contributed by atoms with Crippen molar-refractivity contribution in [3.05, 3.63) is 107 Å². The number of nitrogens with zero attached hydrogens (tertiary/aromatic N) is 2. The zero-order chi connectivity index (χ0) is 22.7. The maximum atomic E-state index is 14.2. The number of halogens is 3. The number of carbonyl (C=O) groups is 1. The molecule has 0 spiro atoms. The number of primary amides is 1. The zero-order valence-corrected chi connectivity index (χ0v) is 16.6. The Morgan fingerprint density at radius 1 is 0.875 bits per heavy atom. The number of nitrogens with two attached hydrogens (primary N) is 1. The number of rotatable bonds is 6. The lowest BCUT2D eigenvalue weighted by Crippen LogP contribution is -2.15. The molecule has 3 aromatic carbocycles. The van der Waals surface area contributed by atoms with Gasteiger partial charge in [-0.1, -0.05) is 24.3 Å². The van der Waals surface area contributed by atoms with Crippen LogP contribution in [0, 0.1) is 17.5 Å². The third-order valence-corrected chi connectivity index (χ3v) is 4.88. The van der Waals surface area contributed by atoms with Crippen LogP contribution in [0.2, 0.25) is 0 Å². The van der Waals surface area contributed by atoms with Gasteiger partial charge in [0, 0.05) is 41.7 Å². The van der Waals surface area contributed by atoms with Crippen molar-refractivity contribution in [2.24, 2.45) is 5.73 Å². The summed E-state index contributed by atoms with van der Waals surface area (Å²) in [5.41, 5.74) is 8.01. The number of amides is 1. The minimum absolute atomic E-state index is 0.00502. The first-order valence-corrected chi connectivity index (χ1v) is 9.61. The van der Waals surface area contributed by atoms with Gasteiger partial charge in [-0.2, -0.15) is 0 Å². The van der Waals surface area contributed by atoms with Crippen LogP contribution in [0.25, 0.3) is 11.1 Å². The van der Waals surface area contributed by atoms with Gasteiger partial charge in [0.15, 0.2) is 0 Å². The second-order valence-corrected chi connectivity index (χ2v) is 7.04. The van der Waals surface area contributed by atoms with Gasteiger partial charge in [0.2, 0.25) is 11.9 Å². The molecule has 160 valence electrons. The molecule has 4 aromatic rings. The maximum Gasteiger partial charge on any atom is 0.249 e. The van der Waals surface area contributed by atoms with Gasteiger partial charge >= 0.3 is 0 Å². The first-order chi connectivity index (χ1) is 15.4. The normalized spacial score (nSPS) is 10.7. The fraction of sp³-hybridized carbons (Fsp3) is 0.0417. The van der Waals surface area contributed by atoms with E-state index in [9.17, 15) is 18.0 Å². The third-order valence-electron chi connectivity index (χ3n) is 4.88. The molecule has 0 saturated carbocycles. The number of anilines is 2. The Bertz CT molecular complexity index is 1290. The summed E-state index contributed by atoms with van der Waals surface area (Å²) in [6, 6.07) is 14.1. The van der Waals surface area contributed by atoms with Crippen LogP contribution in [0.1, 0.15) is 21.5 Å². The molecule has 0 aliphatic carbocycles. The van der Waals surface area contributed by atoms with E-state index in [1.165, 1.54) is 36.7 Å². The molecule has 5 nitrogen and oxygen atoms in total. The van der Waals surface area contributed by atoms with Crippen molar-refractivity contribution in [1.82, 2.24) is 9.97 Å². The molecule has 0 bridgehead atoms. The lowest BCUT2D eigenvalue weighted by atomic mass is 9.97. The van der Waals surface area contributed by atoms with E-state index in [-0.39, 0.29) is 29.3 Å². The monoisotopic (exact) mass is 434 g/mol. The topological polar surface area (TPSA) is 80.9 Å². The van der Waals surface area contributed by atoms with E-state index in [4.69, 9.17) is 5.73 Å².